The van der Waals surface area contributed by atoms with Crippen LogP contribution in [-0.2, 0) is 4.79 Å². The van der Waals surface area contributed by atoms with Crippen molar-refractivity contribution in [2.45, 2.75) is 36.2 Å². The number of aldehydes is 1. The molecule has 0 fully saturated rings. The van der Waals surface area contributed by atoms with Gasteiger partial charge in [0.2, 0.25) is 0 Å². The molecule has 0 amide bonds. The van der Waals surface area contributed by atoms with E-state index < -0.39 is 31.0 Å². The normalized spacial score (nSPS) is 16.4. The molecule has 0 saturated heterocycles. The van der Waals surface area contributed by atoms with Crippen molar-refractivity contribution < 1.29 is 30.3 Å². The van der Waals surface area contributed by atoms with Gasteiger partial charge >= 0.3 is 0 Å². The third-order valence-electron chi connectivity index (χ3n) is 2.54. The molecule has 1 rings (SSSR count). The highest BCUT2D eigenvalue weighted by atomic mass is 32.1. The van der Waals surface area contributed by atoms with Crippen LogP contribution >= 0.6 is 12.6 Å². The second-order valence-corrected chi connectivity index (χ2v) is 4.63. The van der Waals surface area contributed by atoms with Gasteiger partial charge in [0, 0.05) is 4.90 Å². The zero-order chi connectivity index (χ0) is 15.7. The number of carbonyl (C=O) groups excluding carboxylic acids is 1. The summed E-state index contributed by atoms with van der Waals surface area (Å²) in [7, 11) is 0. The summed E-state index contributed by atoms with van der Waals surface area (Å²) in [6.07, 6.45) is -6.84. The summed E-state index contributed by atoms with van der Waals surface area (Å²) in [4.78, 5) is 11.0. The standard InChI is InChI=1S/C7H8S.C6H12O6/c1-6-4-2-3-5-7(6)8;7-1-3(9)5(11)6(12)4(10)2-8/h2-5,8H,1H3;1,3-6,8-12H,2H2. The highest BCUT2D eigenvalue weighted by Crippen LogP contribution is 2.09. The van der Waals surface area contributed by atoms with Crippen molar-refractivity contribution >= 4 is 18.9 Å². The molecule has 0 saturated carbocycles. The van der Waals surface area contributed by atoms with Crippen LogP contribution in [0.4, 0.5) is 0 Å². The second kappa shape index (κ2) is 9.87. The summed E-state index contributed by atoms with van der Waals surface area (Å²) in [5, 5.41) is 43.5. The van der Waals surface area contributed by atoms with Crippen molar-refractivity contribution in [2.24, 2.45) is 0 Å². The third-order valence-corrected chi connectivity index (χ3v) is 3.04. The van der Waals surface area contributed by atoms with Gasteiger partial charge < -0.3 is 30.3 Å². The van der Waals surface area contributed by atoms with E-state index in [0.717, 1.165) is 4.90 Å². The number of aliphatic hydroxyl groups excluding tert-OH is 5. The van der Waals surface area contributed by atoms with Crippen LogP contribution in [0.1, 0.15) is 5.56 Å². The molecule has 4 atom stereocenters. The molecule has 0 heterocycles. The molecule has 20 heavy (non-hydrogen) atoms. The summed E-state index contributed by atoms with van der Waals surface area (Å²) in [5.74, 6) is 0. The van der Waals surface area contributed by atoms with E-state index in [4.69, 9.17) is 25.5 Å². The summed E-state index contributed by atoms with van der Waals surface area (Å²) in [5.41, 5.74) is 1.23. The van der Waals surface area contributed by atoms with Crippen LogP contribution in [0.5, 0.6) is 0 Å². The number of hydrogen-bond acceptors (Lipinski definition) is 7. The van der Waals surface area contributed by atoms with Crippen molar-refractivity contribution in [3.8, 4) is 0 Å². The maximum Gasteiger partial charge on any atom is 0.151 e. The van der Waals surface area contributed by atoms with Gasteiger partial charge in [0.05, 0.1) is 6.61 Å². The topological polar surface area (TPSA) is 118 Å². The van der Waals surface area contributed by atoms with Crippen molar-refractivity contribution in [3.63, 3.8) is 0 Å². The monoisotopic (exact) mass is 304 g/mol. The molecule has 0 aliphatic carbocycles. The number of aryl methyl sites for hydroxylation is 1. The first-order valence-electron chi connectivity index (χ1n) is 5.88. The van der Waals surface area contributed by atoms with E-state index in [1.807, 2.05) is 31.2 Å². The van der Waals surface area contributed by atoms with Crippen LogP contribution in [0, 0.1) is 6.92 Å². The van der Waals surface area contributed by atoms with E-state index in [1.165, 1.54) is 5.56 Å². The van der Waals surface area contributed by atoms with Crippen LogP contribution in [0.15, 0.2) is 29.2 Å². The molecule has 0 aliphatic rings. The third kappa shape index (κ3) is 6.47. The molecular formula is C13H20O6S. The van der Waals surface area contributed by atoms with E-state index >= 15 is 0 Å². The highest BCUT2D eigenvalue weighted by molar-refractivity contribution is 7.80. The lowest BCUT2D eigenvalue weighted by molar-refractivity contribution is -0.136. The van der Waals surface area contributed by atoms with E-state index in [0.29, 0.717) is 0 Å². The zero-order valence-electron chi connectivity index (χ0n) is 11.0. The first-order chi connectivity index (χ1) is 9.34. The highest BCUT2D eigenvalue weighted by Gasteiger charge is 2.29. The lowest BCUT2D eigenvalue weighted by atomic mass is 10.0. The van der Waals surface area contributed by atoms with Gasteiger partial charge in [0.15, 0.2) is 6.29 Å². The smallest absolute Gasteiger partial charge is 0.151 e. The van der Waals surface area contributed by atoms with Crippen molar-refractivity contribution in [1.29, 1.82) is 0 Å². The Labute approximate surface area is 122 Å². The summed E-state index contributed by atoms with van der Waals surface area (Å²) in [6.45, 7) is 1.28. The Morgan fingerprint density at radius 3 is 2.05 bits per heavy atom. The quantitative estimate of drug-likeness (QED) is 0.304. The van der Waals surface area contributed by atoms with Gasteiger partial charge in [-0.25, -0.2) is 0 Å². The Morgan fingerprint density at radius 1 is 1.15 bits per heavy atom. The number of benzene rings is 1. The SMILES string of the molecule is Cc1ccccc1S.O=CC(O)C(O)C(O)C(O)CO. The average molecular weight is 304 g/mol. The van der Waals surface area contributed by atoms with Gasteiger partial charge in [-0.1, -0.05) is 18.2 Å². The van der Waals surface area contributed by atoms with E-state index in [1.54, 1.807) is 0 Å². The van der Waals surface area contributed by atoms with Gasteiger partial charge in [-0.15, -0.1) is 12.6 Å². The second-order valence-electron chi connectivity index (χ2n) is 4.14. The van der Waals surface area contributed by atoms with E-state index in [9.17, 15) is 4.79 Å². The molecule has 6 nitrogen and oxygen atoms in total. The van der Waals surface area contributed by atoms with Gasteiger partial charge in [-0.2, -0.15) is 0 Å². The first kappa shape index (κ1) is 19.0. The fourth-order valence-corrected chi connectivity index (χ4v) is 1.34. The summed E-state index contributed by atoms with van der Waals surface area (Å²) < 4.78 is 0. The van der Waals surface area contributed by atoms with E-state index in [2.05, 4.69) is 12.6 Å². The van der Waals surface area contributed by atoms with Crippen molar-refractivity contribution in [1.82, 2.24) is 0 Å². The zero-order valence-corrected chi connectivity index (χ0v) is 11.9. The largest absolute Gasteiger partial charge is 0.394 e. The predicted octanol–water partition coefficient (Wildman–Crippen LogP) is -1.10. The molecule has 4 unspecified atom stereocenters. The van der Waals surface area contributed by atoms with Crippen LogP contribution in [-0.4, -0.2) is 62.8 Å². The van der Waals surface area contributed by atoms with Crippen LogP contribution < -0.4 is 0 Å². The predicted molar refractivity (Wildman–Crippen MR) is 75.6 cm³/mol. The summed E-state index contributed by atoms with van der Waals surface area (Å²) >= 11 is 4.20. The summed E-state index contributed by atoms with van der Waals surface area (Å²) in [6, 6.07) is 8.02. The van der Waals surface area contributed by atoms with Crippen molar-refractivity contribution in [2.75, 3.05) is 6.61 Å². The Bertz CT molecular complexity index is 379. The van der Waals surface area contributed by atoms with Crippen LogP contribution in [0.3, 0.4) is 0 Å². The fraction of sp³-hybridized carbons (Fsp3) is 0.462. The Morgan fingerprint density at radius 2 is 1.70 bits per heavy atom. The van der Waals surface area contributed by atoms with Gasteiger partial charge in [-0.05, 0) is 18.6 Å². The molecule has 0 radical (unpaired) electrons. The lowest BCUT2D eigenvalue weighted by Gasteiger charge is -2.22. The maximum absolute atomic E-state index is 9.90. The molecular weight excluding hydrogens is 284 g/mol. The molecule has 7 heteroatoms. The van der Waals surface area contributed by atoms with Gasteiger partial charge in [0.25, 0.3) is 0 Å². The molecule has 1 aromatic carbocycles. The van der Waals surface area contributed by atoms with E-state index in [-0.39, 0.29) is 6.29 Å². The van der Waals surface area contributed by atoms with Gasteiger partial charge in [0.1, 0.15) is 24.4 Å². The molecule has 5 N–H and O–H groups in total. The minimum atomic E-state index is -1.79. The molecule has 114 valence electrons. The van der Waals surface area contributed by atoms with Crippen LogP contribution in [0.2, 0.25) is 0 Å². The number of carbonyl (C=O) groups is 1. The lowest BCUT2D eigenvalue weighted by Crippen LogP contribution is -2.46. The van der Waals surface area contributed by atoms with Gasteiger partial charge in [-0.3, -0.25) is 0 Å². The number of hydrogen-bond donors (Lipinski definition) is 6. The number of rotatable bonds is 5. The maximum atomic E-state index is 9.90. The van der Waals surface area contributed by atoms with Crippen molar-refractivity contribution in [3.05, 3.63) is 29.8 Å². The fourth-order valence-electron chi connectivity index (χ4n) is 1.18. The molecule has 0 spiro atoms. The average Bonchev–Trinajstić information content (AvgIpc) is 2.47. The Kier molecular flexibility index (Phi) is 9.39. The van der Waals surface area contributed by atoms with Crippen LogP contribution in [0.25, 0.3) is 0 Å². The Balaban J connectivity index is 0.000000388. The molecule has 1 aromatic rings. The molecule has 0 aromatic heterocycles. The minimum absolute atomic E-state index is 0.0258. The number of aliphatic hydroxyl groups is 5. The first-order valence-corrected chi connectivity index (χ1v) is 6.32. The minimum Gasteiger partial charge on any atom is -0.394 e. The molecule has 0 aliphatic heterocycles. The Hall–Kier alpha value is -0.960. The number of thiol groups is 1. The molecule has 0 bridgehead atoms.